The van der Waals surface area contributed by atoms with Crippen molar-refractivity contribution >= 4 is 47.8 Å². The van der Waals surface area contributed by atoms with Crippen molar-refractivity contribution in [2.24, 2.45) is 0 Å². The van der Waals surface area contributed by atoms with E-state index < -0.39 is 0 Å². The summed E-state index contributed by atoms with van der Waals surface area (Å²) in [5.74, 6) is 0. The smallest absolute Gasteiger partial charge is 2.00 e. The molecule has 0 radical (unpaired) electrons. The molecule has 0 bridgehead atoms. The zero-order valence-electron chi connectivity index (χ0n) is 41.0. The van der Waals surface area contributed by atoms with Gasteiger partial charge in [-0.2, -0.15) is 0 Å². The van der Waals surface area contributed by atoms with Gasteiger partial charge in [0.25, 0.3) is 0 Å². The molecule has 0 aromatic heterocycles. The minimum atomic E-state index is 0. The molecule has 0 unspecified atom stereocenters. The Kier molecular flexibility index (Phi) is 30.7. The molecule has 63 heavy (non-hydrogen) atoms. The number of hydrogen-bond acceptors (Lipinski definition) is 0. The van der Waals surface area contributed by atoms with E-state index >= 15 is 0 Å². The van der Waals surface area contributed by atoms with Gasteiger partial charge in [-0.1, -0.05) is 298 Å². The maximum atomic E-state index is 4.04. The van der Waals surface area contributed by atoms with Crippen molar-refractivity contribution in [2.45, 2.75) is 116 Å². The molecule has 6 aromatic rings. The van der Waals surface area contributed by atoms with Crippen LogP contribution in [0.4, 0.5) is 0 Å². The second-order valence-corrected chi connectivity index (χ2v) is 19.5. The Morgan fingerprint density at radius 2 is 0.286 bits per heavy atom. The quantitative estimate of drug-likeness (QED) is 0.117. The zero-order valence-corrected chi connectivity index (χ0v) is 46.7. The van der Waals surface area contributed by atoms with Gasteiger partial charge in [-0.05, 0) is 0 Å². The predicted molar refractivity (Wildman–Crippen MR) is 281 cm³/mol. The van der Waals surface area contributed by atoms with Gasteiger partial charge >= 0.3 is 47.8 Å². The molecule has 0 heterocycles. The van der Waals surface area contributed by atoms with Gasteiger partial charge in [-0.3, -0.25) is 0 Å². The normalized spacial score (nSPS) is 11.0. The van der Waals surface area contributed by atoms with Crippen molar-refractivity contribution in [3.8, 4) is 0 Å². The second kappa shape index (κ2) is 30.2. The Balaban J connectivity index is -0.000000679. The van der Waals surface area contributed by atoms with Crippen molar-refractivity contribution in [3.05, 3.63) is 257 Å². The molecular formula is C60H78OSn2. The fraction of sp³-hybridized carbons (Fsp3) is 0.300. The van der Waals surface area contributed by atoms with Crippen molar-refractivity contribution < 1.29 is 5.48 Å². The molecule has 6 rings (SSSR count). The molecule has 0 aliphatic carbocycles. The predicted octanol–water partition coefficient (Wildman–Crippen LogP) is 15.9. The van der Waals surface area contributed by atoms with E-state index in [2.05, 4.69) is 197 Å². The molecule has 0 aliphatic heterocycles. The van der Waals surface area contributed by atoms with E-state index in [1.165, 1.54) is 33.4 Å². The van der Waals surface area contributed by atoms with Gasteiger partial charge in [0.1, 0.15) is 0 Å². The van der Waals surface area contributed by atoms with Crippen LogP contribution in [0.25, 0.3) is 0 Å². The monoisotopic (exact) mass is 1050 g/mol. The van der Waals surface area contributed by atoms with Gasteiger partial charge in [0.2, 0.25) is 0 Å². The van der Waals surface area contributed by atoms with Gasteiger partial charge in [-0.15, -0.1) is 32.5 Å². The van der Waals surface area contributed by atoms with Gasteiger partial charge in [0.05, 0.1) is 0 Å². The van der Waals surface area contributed by atoms with Crippen LogP contribution < -0.4 is 0 Å². The van der Waals surface area contributed by atoms with Crippen molar-refractivity contribution in [3.63, 3.8) is 0 Å². The Morgan fingerprint density at radius 3 is 0.333 bits per heavy atom. The average molecular weight is 1050 g/mol. The van der Waals surface area contributed by atoms with Crippen LogP contribution in [0, 0.1) is 41.5 Å². The fourth-order valence-corrected chi connectivity index (χ4v) is 5.34. The van der Waals surface area contributed by atoms with Crippen LogP contribution in [-0.2, 0) is 38.0 Å². The molecule has 0 spiro atoms. The molecule has 0 amide bonds. The maximum absolute atomic E-state index is 4.04. The first-order valence-corrected chi connectivity index (χ1v) is 21.1. The molecule has 332 valence electrons. The van der Waals surface area contributed by atoms with E-state index in [-0.39, 0.29) is 85.8 Å². The molecular weight excluding hydrogens is 974 g/mol. The summed E-state index contributed by atoms with van der Waals surface area (Å²) in [4.78, 5) is 0. The topological polar surface area (TPSA) is 28.5 Å². The van der Waals surface area contributed by atoms with Crippen LogP contribution in [0.2, 0.25) is 0 Å². The van der Waals surface area contributed by atoms with Crippen molar-refractivity contribution in [1.29, 1.82) is 0 Å². The first kappa shape index (κ1) is 64.2. The van der Waals surface area contributed by atoms with E-state index in [9.17, 15) is 0 Å². The van der Waals surface area contributed by atoms with Gasteiger partial charge in [-0.25, -0.2) is 0 Å². The van der Waals surface area contributed by atoms with Crippen LogP contribution in [0.3, 0.4) is 0 Å². The summed E-state index contributed by atoms with van der Waals surface area (Å²) in [6.07, 6.45) is 0. The van der Waals surface area contributed by atoms with E-state index in [0.717, 1.165) is 0 Å². The Hall–Kier alpha value is -3.12. The van der Waals surface area contributed by atoms with Gasteiger partial charge < -0.3 is 47.0 Å². The third-order valence-corrected chi connectivity index (χ3v) is 9.33. The number of hydrogen-bond donors (Lipinski definition) is 0. The van der Waals surface area contributed by atoms with Crippen LogP contribution >= 0.6 is 0 Å². The fourth-order valence-electron chi connectivity index (χ4n) is 5.34. The van der Waals surface area contributed by atoms with E-state index in [0.29, 0.717) is 0 Å². The average Bonchev–Trinajstić information content (AvgIpc) is 3.19. The molecule has 0 saturated carbocycles. The molecule has 0 N–H and O–H groups in total. The van der Waals surface area contributed by atoms with Crippen molar-refractivity contribution in [2.75, 3.05) is 0 Å². The second-order valence-electron chi connectivity index (χ2n) is 19.5. The first-order valence-electron chi connectivity index (χ1n) is 21.1. The standard InChI is InChI=1S/6C10H13.O.2Sn/c6*1-10(2,3)9-7-5-4-6-8-9;;;/h6*4-8H,1H2,2-3H3;;;/q6*-1;-2;2*+4. The van der Waals surface area contributed by atoms with Crippen molar-refractivity contribution in [1.82, 2.24) is 0 Å². The zero-order chi connectivity index (χ0) is 45.7. The number of benzene rings is 6. The summed E-state index contributed by atoms with van der Waals surface area (Å²) < 4.78 is 0. The van der Waals surface area contributed by atoms with E-state index in [1.807, 2.05) is 109 Å². The van der Waals surface area contributed by atoms with Crippen LogP contribution in [0.1, 0.15) is 116 Å². The molecule has 0 saturated heterocycles. The SMILES string of the molecule is [CH2-]C(C)(C)c1ccccc1.[CH2-]C(C)(C)c1ccccc1.[CH2-]C(C)(C)c1ccccc1.[CH2-]C(C)(C)c1ccccc1.[CH2-]C(C)(C)c1ccccc1.[CH2-]C(C)(C)c1ccccc1.[O-2].[Sn+4].[Sn+4]. The molecule has 0 fully saturated rings. The molecule has 0 atom stereocenters. The Labute approximate surface area is 422 Å². The van der Waals surface area contributed by atoms with E-state index in [4.69, 9.17) is 0 Å². The third kappa shape index (κ3) is 29.1. The molecule has 0 aliphatic rings. The molecule has 1 nitrogen and oxygen atoms in total. The van der Waals surface area contributed by atoms with Gasteiger partial charge in [0, 0.05) is 0 Å². The summed E-state index contributed by atoms with van der Waals surface area (Å²) in [5.41, 5.74) is 7.98. The summed E-state index contributed by atoms with van der Waals surface area (Å²) >= 11 is 0. The molecule has 3 heteroatoms. The van der Waals surface area contributed by atoms with Crippen LogP contribution in [0.15, 0.2) is 182 Å². The maximum Gasteiger partial charge on any atom is 4.00 e. The summed E-state index contributed by atoms with van der Waals surface area (Å²) in [7, 11) is 0. The van der Waals surface area contributed by atoms with Crippen LogP contribution in [-0.4, -0.2) is 47.8 Å². The summed E-state index contributed by atoms with van der Waals surface area (Å²) in [6, 6.07) is 61.9. The van der Waals surface area contributed by atoms with Gasteiger partial charge in [0.15, 0.2) is 0 Å². The van der Waals surface area contributed by atoms with Crippen LogP contribution in [0.5, 0.6) is 0 Å². The van der Waals surface area contributed by atoms with E-state index in [1.54, 1.807) is 0 Å². The minimum Gasteiger partial charge on any atom is -2.00 e. The Bertz CT molecular complexity index is 1550. The summed E-state index contributed by atoms with van der Waals surface area (Å²) in [5, 5.41) is 0. The Morgan fingerprint density at radius 1 is 0.206 bits per heavy atom. The molecule has 6 aromatic carbocycles. The largest absolute Gasteiger partial charge is 4.00 e. The minimum absolute atomic E-state index is 0. The third-order valence-electron chi connectivity index (χ3n) is 9.33. The summed E-state index contributed by atoms with van der Waals surface area (Å²) in [6.45, 7) is 49.6. The first-order chi connectivity index (χ1) is 27.6. The number of rotatable bonds is 6.